The van der Waals surface area contributed by atoms with Gasteiger partial charge in [0.1, 0.15) is 5.01 Å². The fraction of sp³-hybridized carbons (Fsp3) is 0.467. The third-order valence-electron chi connectivity index (χ3n) is 2.74. The number of thiazole rings is 1. The minimum absolute atomic E-state index is 0.483. The summed E-state index contributed by atoms with van der Waals surface area (Å²) in [6, 6.07) is 6.42. The van der Waals surface area contributed by atoms with E-state index in [0.717, 1.165) is 29.4 Å². The first-order chi connectivity index (χ1) is 9.74. The van der Waals surface area contributed by atoms with E-state index in [4.69, 9.17) is 4.74 Å². The second kappa shape index (κ2) is 8.09. The third-order valence-corrected chi connectivity index (χ3v) is 3.64. The quantitative estimate of drug-likeness (QED) is 0.760. The normalized spacial score (nSPS) is 11.2. The van der Waals surface area contributed by atoms with Crippen LogP contribution in [0, 0.1) is 0 Å². The molecule has 0 aliphatic heterocycles. The number of nitrogens with one attached hydrogen (secondary N) is 1. The number of ether oxygens (including phenoxy) is 1. The Morgan fingerprint density at radius 3 is 2.95 bits per heavy atom. The molecule has 0 atom stereocenters. The number of hydrogen-bond acceptors (Lipinski definition) is 5. The maximum atomic E-state index is 5.65. The lowest BCUT2D eigenvalue weighted by atomic mass is 10.3. The van der Waals surface area contributed by atoms with Crippen LogP contribution in [0.4, 0.5) is 0 Å². The molecule has 0 saturated carbocycles. The van der Waals surface area contributed by atoms with Crippen molar-refractivity contribution in [2.75, 3.05) is 6.61 Å². The van der Waals surface area contributed by atoms with Crippen LogP contribution < -0.4 is 5.32 Å². The highest BCUT2D eigenvalue weighted by molar-refractivity contribution is 7.09. The Kier molecular flexibility index (Phi) is 6.11. The van der Waals surface area contributed by atoms with E-state index < -0.39 is 0 Å². The van der Waals surface area contributed by atoms with E-state index in [1.165, 1.54) is 0 Å². The molecule has 0 fully saturated rings. The smallest absolute Gasteiger partial charge is 0.107 e. The molecule has 0 aromatic carbocycles. The summed E-state index contributed by atoms with van der Waals surface area (Å²) in [4.78, 5) is 8.81. The molecule has 0 aliphatic carbocycles. The molecule has 2 heterocycles. The first kappa shape index (κ1) is 15.1. The lowest BCUT2D eigenvalue weighted by Crippen LogP contribution is -2.21. The Morgan fingerprint density at radius 2 is 2.20 bits per heavy atom. The van der Waals surface area contributed by atoms with Gasteiger partial charge in [-0.3, -0.25) is 4.98 Å². The number of rotatable bonds is 8. The predicted molar refractivity (Wildman–Crippen MR) is 81.7 cm³/mol. The first-order valence-corrected chi connectivity index (χ1v) is 7.76. The van der Waals surface area contributed by atoms with Crippen LogP contribution in [0.5, 0.6) is 0 Å². The molecule has 108 valence electrons. The van der Waals surface area contributed by atoms with E-state index in [1.54, 1.807) is 11.3 Å². The van der Waals surface area contributed by atoms with Crippen molar-refractivity contribution < 1.29 is 4.74 Å². The molecule has 0 saturated heterocycles. The summed E-state index contributed by atoms with van der Waals surface area (Å²) >= 11 is 1.68. The van der Waals surface area contributed by atoms with Gasteiger partial charge in [0.15, 0.2) is 0 Å². The standard InChI is InChI=1S/C15H21N3OS/c1-12(2)17-9-15-18-14(11-20-15)10-19-8-6-13-5-3-4-7-16-13/h3-5,7,11-12,17H,6,8-10H2,1-2H3. The van der Waals surface area contributed by atoms with Crippen molar-refractivity contribution in [3.05, 3.63) is 46.2 Å². The molecule has 2 aromatic heterocycles. The monoisotopic (exact) mass is 291 g/mol. The zero-order valence-electron chi connectivity index (χ0n) is 12.0. The SMILES string of the molecule is CC(C)NCc1nc(COCCc2ccccn2)cs1. The van der Waals surface area contributed by atoms with E-state index in [-0.39, 0.29) is 0 Å². The lowest BCUT2D eigenvalue weighted by Gasteiger charge is -2.04. The summed E-state index contributed by atoms with van der Waals surface area (Å²) in [6.45, 7) is 6.35. The summed E-state index contributed by atoms with van der Waals surface area (Å²) in [5.74, 6) is 0. The fourth-order valence-electron chi connectivity index (χ4n) is 1.69. The van der Waals surface area contributed by atoms with Gasteiger partial charge in [0.25, 0.3) is 0 Å². The second-order valence-electron chi connectivity index (χ2n) is 4.89. The van der Waals surface area contributed by atoms with Gasteiger partial charge in [0.05, 0.1) is 18.9 Å². The largest absolute Gasteiger partial charge is 0.375 e. The van der Waals surface area contributed by atoms with Gasteiger partial charge >= 0.3 is 0 Å². The molecule has 4 nitrogen and oxygen atoms in total. The highest BCUT2D eigenvalue weighted by Gasteiger charge is 2.03. The van der Waals surface area contributed by atoms with Gasteiger partial charge in [-0.1, -0.05) is 19.9 Å². The zero-order chi connectivity index (χ0) is 14.2. The van der Waals surface area contributed by atoms with Gasteiger partial charge in [-0.05, 0) is 12.1 Å². The van der Waals surface area contributed by atoms with Gasteiger partial charge in [-0.15, -0.1) is 11.3 Å². The van der Waals surface area contributed by atoms with Gasteiger partial charge in [0, 0.05) is 36.3 Å². The minimum Gasteiger partial charge on any atom is -0.375 e. The van der Waals surface area contributed by atoms with Crippen LogP contribution >= 0.6 is 11.3 Å². The molecule has 0 unspecified atom stereocenters. The molecule has 0 bridgehead atoms. The summed E-state index contributed by atoms with van der Waals surface area (Å²) in [5, 5.41) is 6.54. The fourth-order valence-corrected chi connectivity index (χ4v) is 2.42. The average Bonchev–Trinajstić information content (AvgIpc) is 2.90. The van der Waals surface area contributed by atoms with Crippen LogP contribution in [0.25, 0.3) is 0 Å². The van der Waals surface area contributed by atoms with Crippen molar-refractivity contribution in [1.29, 1.82) is 0 Å². The van der Waals surface area contributed by atoms with E-state index >= 15 is 0 Å². The molecule has 2 rings (SSSR count). The van der Waals surface area contributed by atoms with E-state index in [9.17, 15) is 0 Å². The van der Waals surface area contributed by atoms with Crippen molar-refractivity contribution >= 4 is 11.3 Å². The lowest BCUT2D eigenvalue weighted by molar-refractivity contribution is 0.121. The summed E-state index contributed by atoms with van der Waals surface area (Å²) in [7, 11) is 0. The molecule has 0 spiro atoms. The maximum absolute atomic E-state index is 5.65. The molecule has 1 N–H and O–H groups in total. The summed E-state index contributed by atoms with van der Waals surface area (Å²) in [6.07, 6.45) is 2.65. The number of aromatic nitrogens is 2. The van der Waals surface area contributed by atoms with Crippen LogP contribution in [0.2, 0.25) is 0 Å². The Morgan fingerprint density at radius 1 is 1.30 bits per heavy atom. The molecule has 0 aliphatic rings. The van der Waals surface area contributed by atoms with Crippen molar-refractivity contribution in [2.24, 2.45) is 0 Å². The van der Waals surface area contributed by atoms with Crippen LogP contribution in [-0.4, -0.2) is 22.6 Å². The van der Waals surface area contributed by atoms with E-state index in [0.29, 0.717) is 19.3 Å². The van der Waals surface area contributed by atoms with E-state index in [2.05, 4.69) is 34.5 Å². The van der Waals surface area contributed by atoms with Crippen LogP contribution in [-0.2, 0) is 24.3 Å². The molecule has 20 heavy (non-hydrogen) atoms. The van der Waals surface area contributed by atoms with Crippen molar-refractivity contribution in [1.82, 2.24) is 15.3 Å². The number of nitrogens with zero attached hydrogens (tertiary/aromatic N) is 2. The Balaban J connectivity index is 1.67. The second-order valence-corrected chi connectivity index (χ2v) is 5.83. The number of hydrogen-bond donors (Lipinski definition) is 1. The van der Waals surface area contributed by atoms with Gasteiger partial charge in [-0.25, -0.2) is 4.98 Å². The number of pyridine rings is 1. The Labute approximate surface area is 124 Å². The van der Waals surface area contributed by atoms with Crippen LogP contribution in [0.15, 0.2) is 29.8 Å². The highest BCUT2D eigenvalue weighted by atomic mass is 32.1. The molecule has 2 aromatic rings. The van der Waals surface area contributed by atoms with Crippen molar-refractivity contribution in [2.45, 2.75) is 39.5 Å². The summed E-state index contributed by atoms with van der Waals surface area (Å²) < 4.78 is 5.65. The van der Waals surface area contributed by atoms with E-state index in [1.807, 2.05) is 24.4 Å². The highest BCUT2D eigenvalue weighted by Crippen LogP contribution is 2.11. The van der Waals surface area contributed by atoms with Gasteiger partial charge < -0.3 is 10.1 Å². The Bertz CT molecular complexity index is 499. The molecular formula is C15H21N3OS. The maximum Gasteiger partial charge on any atom is 0.107 e. The molecule has 0 amide bonds. The molecule has 0 radical (unpaired) electrons. The Hall–Kier alpha value is -1.30. The third kappa shape index (κ3) is 5.36. The topological polar surface area (TPSA) is 47.0 Å². The minimum atomic E-state index is 0.483. The summed E-state index contributed by atoms with van der Waals surface area (Å²) in [5.41, 5.74) is 2.07. The molecular weight excluding hydrogens is 270 g/mol. The van der Waals surface area contributed by atoms with Gasteiger partial charge in [0.2, 0.25) is 0 Å². The zero-order valence-corrected chi connectivity index (χ0v) is 12.8. The molecule has 5 heteroatoms. The van der Waals surface area contributed by atoms with Crippen molar-refractivity contribution in [3.8, 4) is 0 Å². The van der Waals surface area contributed by atoms with Crippen LogP contribution in [0.3, 0.4) is 0 Å². The van der Waals surface area contributed by atoms with Crippen LogP contribution in [0.1, 0.15) is 30.2 Å². The first-order valence-electron chi connectivity index (χ1n) is 6.88. The van der Waals surface area contributed by atoms with Gasteiger partial charge in [-0.2, -0.15) is 0 Å². The predicted octanol–water partition coefficient (Wildman–Crippen LogP) is 2.80. The van der Waals surface area contributed by atoms with Crippen molar-refractivity contribution in [3.63, 3.8) is 0 Å². The average molecular weight is 291 g/mol.